The van der Waals surface area contributed by atoms with E-state index in [4.69, 9.17) is 10.8 Å². The first-order valence-electron chi connectivity index (χ1n) is 3.39. The maximum Gasteiger partial charge on any atom is 0.407 e. The third kappa shape index (κ3) is 1.00. The van der Waals surface area contributed by atoms with Crippen LogP contribution in [0.1, 0.15) is 10.6 Å². The largest absolute Gasteiger partial charge is 0.465 e. The summed E-state index contributed by atoms with van der Waals surface area (Å²) < 4.78 is 0. The van der Waals surface area contributed by atoms with Gasteiger partial charge >= 0.3 is 6.09 Å². The second kappa shape index (κ2) is 2.34. The lowest BCUT2D eigenvalue weighted by atomic mass is 10.4. The number of hydrogen-bond donors (Lipinski definition) is 2. The third-order valence-corrected chi connectivity index (χ3v) is 2.65. The number of aromatic nitrogens is 1. The summed E-state index contributed by atoms with van der Waals surface area (Å²) in [5, 5.41) is 9.16. The number of carbonyl (C=O) groups is 1. The monoisotopic (exact) mass is 185 g/mol. The summed E-state index contributed by atoms with van der Waals surface area (Å²) in [6, 6.07) is 0. The summed E-state index contributed by atoms with van der Waals surface area (Å²) in [5.41, 5.74) is 6.26. The number of hydrogen-bond acceptors (Lipinski definition) is 4. The van der Waals surface area contributed by atoms with E-state index in [-0.39, 0.29) is 0 Å². The smallest absolute Gasteiger partial charge is 0.407 e. The van der Waals surface area contributed by atoms with Crippen LogP contribution >= 0.6 is 11.3 Å². The van der Waals surface area contributed by atoms with Gasteiger partial charge in [0.2, 0.25) is 0 Å². The van der Waals surface area contributed by atoms with Gasteiger partial charge in [0.05, 0.1) is 23.7 Å². The molecule has 6 heteroatoms. The van der Waals surface area contributed by atoms with Crippen molar-refractivity contribution in [3.63, 3.8) is 0 Å². The first kappa shape index (κ1) is 7.35. The molecule has 1 aromatic heterocycles. The van der Waals surface area contributed by atoms with Crippen LogP contribution < -0.4 is 5.73 Å². The molecule has 0 radical (unpaired) electrons. The summed E-state index contributed by atoms with van der Waals surface area (Å²) in [4.78, 5) is 16.8. The van der Waals surface area contributed by atoms with Crippen molar-refractivity contribution in [2.24, 2.45) is 0 Å². The van der Waals surface area contributed by atoms with Crippen LogP contribution in [0.5, 0.6) is 0 Å². The van der Waals surface area contributed by atoms with Gasteiger partial charge in [-0.05, 0) is 0 Å². The van der Waals surface area contributed by atoms with Gasteiger partial charge in [0, 0.05) is 0 Å². The molecule has 12 heavy (non-hydrogen) atoms. The molecule has 1 aromatic rings. The lowest BCUT2D eigenvalue weighted by Gasteiger charge is -2.08. The van der Waals surface area contributed by atoms with Gasteiger partial charge in [0.1, 0.15) is 0 Å². The number of amides is 1. The Bertz CT molecular complexity index is 312. The molecule has 0 bridgehead atoms. The highest BCUT2D eigenvalue weighted by Gasteiger charge is 2.25. The van der Waals surface area contributed by atoms with E-state index >= 15 is 0 Å². The second-order valence-electron chi connectivity index (χ2n) is 2.56. The van der Waals surface area contributed by atoms with Crippen molar-refractivity contribution >= 4 is 22.6 Å². The minimum absolute atomic E-state index is 0.373. The Labute approximate surface area is 72.4 Å². The van der Waals surface area contributed by atoms with E-state index in [2.05, 4.69) is 4.98 Å². The van der Waals surface area contributed by atoms with Gasteiger partial charge in [-0.25, -0.2) is 9.78 Å². The number of carboxylic acid groups (broad SMARTS) is 1. The molecule has 1 aliphatic rings. The van der Waals surface area contributed by atoms with Crippen LogP contribution in [0.25, 0.3) is 0 Å². The number of fused-ring (bicyclic) bond motifs is 1. The van der Waals surface area contributed by atoms with Gasteiger partial charge in [-0.2, -0.15) is 0 Å². The fourth-order valence-electron chi connectivity index (χ4n) is 1.20. The average Bonchev–Trinajstić information content (AvgIpc) is 2.42. The molecule has 0 aliphatic carbocycles. The van der Waals surface area contributed by atoms with E-state index in [9.17, 15) is 4.79 Å². The zero-order valence-electron chi connectivity index (χ0n) is 6.15. The standard InChI is InChI=1S/C6H7N3O2S/c7-5-8-3-1-9(6(10)11)2-4(3)12-5/h1-2H2,(H2,7,8)(H,10,11). The van der Waals surface area contributed by atoms with E-state index in [1.807, 2.05) is 0 Å². The van der Waals surface area contributed by atoms with Crippen molar-refractivity contribution < 1.29 is 9.90 Å². The van der Waals surface area contributed by atoms with Crippen LogP contribution in [0.15, 0.2) is 0 Å². The highest BCUT2D eigenvalue weighted by Crippen LogP contribution is 2.28. The number of rotatable bonds is 0. The van der Waals surface area contributed by atoms with Crippen molar-refractivity contribution in [2.45, 2.75) is 13.1 Å². The Morgan fingerprint density at radius 1 is 1.67 bits per heavy atom. The number of nitrogens with two attached hydrogens (primary N) is 1. The molecular formula is C6H7N3O2S. The van der Waals surface area contributed by atoms with Gasteiger partial charge in [-0.3, -0.25) is 4.90 Å². The van der Waals surface area contributed by atoms with Gasteiger partial charge in [-0.15, -0.1) is 11.3 Å². The fourth-order valence-corrected chi connectivity index (χ4v) is 2.05. The van der Waals surface area contributed by atoms with Gasteiger partial charge in [0.15, 0.2) is 5.13 Å². The van der Waals surface area contributed by atoms with E-state index in [0.717, 1.165) is 10.6 Å². The van der Waals surface area contributed by atoms with Crippen molar-refractivity contribution in [2.75, 3.05) is 5.73 Å². The Balaban J connectivity index is 2.24. The van der Waals surface area contributed by atoms with E-state index in [1.54, 1.807) is 0 Å². The summed E-state index contributed by atoms with van der Waals surface area (Å²) in [5.74, 6) is 0. The van der Waals surface area contributed by atoms with Crippen LogP contribution in [0.4, 0.5) is 9.93 Å². The summed E-state index contributed by atoms with van der Waals surface area (Å²) in [7, 11) is 0. The normalized spacial score (nSPS) is 14.8. The van der Waals surface area contributed by atoms with Crippen molar-refractivity contribution in [3.05, 3.63) is 10.6 Å². The van der Waals surface area contributed by atoms with Gasteiger partial charge in [-0.1, -0.05) is 0 Å². The molecule has 2 rings (SSSR count). The van der Waals surface area contributed by atoms with Crippen molar-refractivity contribution in [3.8, 4) is 0 Å². The summed E-state index contributed by atoms with van der Waals surface area (Å²) in [6.07, 6.45) is -0.904. The Kier molecular flexibility index (Phi) is 1.44. The number of nitrogen functional groups attached to an aromatic ring is 1. The van der Waals surface area contributed by atoms with Crippen LogP contribution in [-0.2, 0) is 13.1 Å². The molecule has 0 unspecified atom stereocenters. The molecule has 2 heterocycles. The molecule has 0 aromatic carbocycles. The van der Waals surface area contributed by atoms with Crippen molar-refractivity contribution in [1.29, 1.82) is 0 Å². The third-order valence-electron chi connectivity index (χ3n) is 1.74. The maximum absolute atomic E-state index is 10.5. The maximum atomic E-state index is 10.5. The minimum Gasteiger partial charge on any atom is -0.465 e. The molecule has 1 aliphatic heterocycles. The predicted molar refractivity (Wildman–Crippen MR) is 43.8 cm³/mol. The minimum atomic E-state index is -0.904. The van der Waals surface area contributed by atoms with E-state index in [0.29, 0.717) is 18.2 Å². The fraction of sp³-hybridized carbons (Fsp3) is 0.333. The zero-order chi connectivity index (χ0) is 8.72. The lowest BCUT2D eigenvalue weighted by molar-refractivity contribution is 0.145. The molecule has 0 atom stereocenters. The molecule has 64 valence electrons. The second-order valence-corrected chi connectivity index (χ2v) is 3.68. The van der Waals surface area contributed by atoms with Crippen molar-refractivity contribution in [1.82, 2.24) is 9.88 Å². The van der Waals surface area contributed by atoms with Crippen LogP contribution in [0.2, 0.25) is 0 Å². The first-order chi connectivity index (χ1) is 5.66. The van der Waals surface area contributed by atoms with E-state index in [1.165, 1.54) is 16.2 Å². The first-order valence-corrected chi connectivity index (χ1v) is 4.20. The number of thiazole rings is 1. The Hall–Kier alpha value is -1.30. The highest BCUT2D eigenvalue weighted by atomic mass is 32.1. The van der Waals surface area contributed by atoms with Crippen LogP contribution in [0, 0.1) is 0 Å². The zero-order valence-corrected chi connectivity index (χ0v) is 6.97. The number of anilines is 1. The lowest BCUT2D eigenvalue weighted by Crippen LogP contribution is -2.22. The molecule has 3 N–H and O–H groups in total. The van der Waals surface area contributed by atoms with E-state index < -0.39 is 6.09 Å². The molecule has 1 amide bonds. The van der Waals surface area contributed by atoms with Crippen LogP contribution in [0.3, 0.4) is 0 Å². The van der Waals surface area contributed by atoms with Crippen LogP contribution in [-0.4, -0.2) is 21.1 Å². The molecule has 0 spiro atoms. The quantitative estimate of drug-likeness (QED) is 0.624. The predicted octanol–water partition coefficient (Wildman–Crippen LogP) is 0.719. The molecular weight excluding hydrogens is 178 g/mol. The summed E-state index contributed by atoms with van der Waals surface area (Å²) in [6.45, 7) is 0.803. The number of nitrogens with zero attached hydrogens (tertiary/aromatic N) is 2. The SMILES string of the molecule is Nc1nc2c(s1)CN(C(=O)O)C2. The van der Waals surface area contributed by atoms with Gasteiger partial charge < -0.3 is 10.8 Å². The Morgan fingerprint density at radius 3 is 3.00 bits per heavy atom. The topological polar surface area (TPSA) is 79.5 Å². The molecule has 0 saturated heterocycles. The summed E-state index contributed by atoms with van der Waals surface area (Å²) >= 11 is 1.36. The highest BCUT2D eigenvalue weighted by molar-refractivity contribution is 7.15. The molecule has 0 fully saturated rings. The molecule has 5 nitrogen and oxygen atoms in total. The average molecular weight is 185 g/mol. The Morgan fingerprint density at radius 2 is 2.42 bits per heavy atom. The molecule has 0 saturated carbocycles. The van der Waals surface area contributed by atoms with Gasteiger partial charge in [0.25, 0.3) is 0 Å².